The van der Waals surface area contributed by atoms with Crippen LogP contribution in [0.1, 0.15) is 38.0 Å². The number of hydrogen-bond donors (Lipinski definition) is 1. The van der Waals surface area contributed by atoms with Crippen molar-refractivity contribution < 1.29 is 4.74 Å². The molecule has 0 saturated carbocycles. The van der Waals surface area contributed by atoms with Crippen molar-refractivity contribution in [3.8, 4) is 0 Å². The minimum absolute atomic E-state index is 0.186. The van der Waals surface area contributed by atoms with Gasteiger partial charge in [-0.1, -0.05) is 6.92 Å². The average Bonchev–Trinajstić information content (AvgIpc) is 2.79. The molecule has 1 aromatic heterocycles. The zero-order valence-corrected chi connectivity index (χ0v) is 10.0. The van der Waals surface area contributed by atoms with E-state index in [1.807, 2.05) is 6.92 Å². The van der Waals surface area contributed by atoms with E-state index >= 15 is 0 Å². The van der Waals surface area contributed by atoms with Gasteiger partial charge in [0, 0.05) is 11.8 Å². The first-order valence-corrected chi connectivity index (χ1v) is 5.80. The number of nitrogen functional groups attached to an aromatic ring is 1. The molecular weight excluding hydrogens is 222 g/mol. The Morgan fingerprint density at radius 1 is 1.47 bits per heavy atom. The Morgan fingerprint density at radius 3 is 2.76 bits per heavy atom. The molecule has 17 heavy (non-hydrogen) atoms. The molecule has 0 bridgehead atoms. The molecule has 0 spiro atoms. The lowest BCUT2D eigenvalue weighted by molar-refractivity contribution is -0.00265. The van der Waals surface area contributed by atoms with E-state index in [1.54, 1.807) is 6.92 Å². The maximum Gasteiger partial charge on any atom is 0.351 e. The maximum atomic E-state index is 11.8. The topological polar surface area (TPSA) is 79.3 Å². The maximum absolute atomic E-state index is 11.8. The molecule has 0 amide bonds. The molecule has 2 heterocycles. The van der Waals surface area contributed by atoms with Crippen molar-refractivity contribution in [1.82, 2.24) is 9.24 Å². The van der Waals surface area contributed by atoms with Crippen LogP contribution in [0.25, 0.3) is 0 Å². The summed E-state index contributed by atoms with van der Waals surface area (Å²) in [6.45, 7) is 3.68. The molecule has 2 atom stereocenters. The van der Waals surface area contributed by atoms with Crippen LogP contribution < -0.4 is 17.1 Å². The van der Waals surface area contributed by atoms with Crippen LogP contribution >= 0.6 is 0 Å². The molecule has 1 saturated heterocycles. The summed E-state index contributed by atoms with van der Waals surface area (Å²) in [5.41, 5.74) is -0.547. The van der Waals surface area contributed by atoms with Gasteiger partial charge in [-0.15, -0.1) is 0 Å². The van der Waals surface area contributed by atoms with E-state index in [0.29, 0.717) is 10.2 Å². The summed E-state index contributed by atoms with van der Waals surface area (Å²) in [6.07, 6.45) is 4.03. The summed E-state index contributed by atoms with van der Waals surface area (Å²) >= 11 is 0. The molecule has 1 unspecified atom stereocenters. The quantitative estimate of drug-likeness (QED) is 0.743. The van der Waals surface area contributed by atoms with Gasteiger partial charge in [-0.05, 0) is 26.2 Å². The molecule has 1 aliphatic rings. The number of aryl methyl sites for hydroxylation is 1. The third kappa shape index (κ3) is 2.00. The smallest absolute Gasteiger partial charge is 0.351 e. The van der Waals surface area contributed by atoms with Crippen molar-refractivity contribution in [2.24, 2.45) is 0 Å². The number of nitrogens with two attached hydrogens (primary N) is 1. The lowest BCUT2D eigenvalue weighted by Crippen LogP contribution is -2.46. The van der Waals surface area contributed by atoms with Crippen LogP contribution in [0, 0.1) is 6.92 Å². The zero-order valence-electron chi connectivity index (χ0n) is 10.0. The van der Waals surface area contributed by atoms with Gasteiger partial charge in [0.15, 0.2) is 0 Å². The minimum Gasteiger partial charge on any atom is -0.355 e. The van der Waals surface area contributed by atoms with Crippen molar-refractivity contribution in [2.75, 3.05) is 5.84 Å². The third-order valence-corrected chi connectivity index (χ3v) is 3.17. The number of hydrogen-bond acceptors (Lipinski definition) is 4. The van der Waals surface area contributed by atoms with Gasteiger partial charge >= 0.3 is 5.69 Å². The van der Waals surface area contributed by atoms with E-state index in [9.17, 15) is 9.59 Å². The van der Waals surface area contributed by atoms with Crippen LogP contribution in [0.2, 0.25) is 0 Å². The Bertz CT molecular complexity index is 532. The minimum atomic E-state index is -0.526. The summed E-state index contributed by atoms with van der Waals surface area (Å²) in [7, 11) is 0. The summed E-state index contributed by atoms with van der Waals surface area (Å²) < 4.78 is 7.77. The molecule has 0 radical (unpaired) electrons. The number of aromatic nitrogens is 2. The van der Waals surface area contributed by atoms with Crippen LogP contribution in [-0.2, 0) is 4.74 Å². The monoisotopic (exact) mass is 239 g/mol. The largest absolute Gasteiger partial charge is 0.355 e. The van der Waals surface area contributed by atoms with Crippen molar-refractivity contribution in [3.63, 3.8) is 0 Å². The first kappa shape index (κ1) is 11.9. The van der Waals surface area contributed by atoms with Crippen LogP contribution in [0.3, 0.4) is 0 Å². The fourth-order valence-electron chi connectivity index (χ4n) is 2.12. The van der Waals surface area contributed by atoms with Gasteiger partial charge in [0.1, 0.15) is 6.23 Å². The summed E-state index contributed by atoms with van der Waals surface area (Å²) in [5, 5.41) is 0. The SMILES string of the molecule is CC[C@@H]1CCC(n2cc(C)c(=O)n(N)c2=O)O1. The van der Waals surface area contributed by atoms with E-state index in [2.05, 4.69) is 0 Å². The predicted molar refractivity (Wildman–Crippen MR) is 63.3 cm³/mol. The normalized spacial score (nSPS) is 24.1. The van der Waals surface area contributed by atoms with Crippen LogP contribution in [-0.4, -0.2) is 15.3 Å². The van der Waals surface area contributed by atoms with Gasteiger partial charge < -0.3 is 10.6 Å². The van der Waals surface area contributed by atoms with E-state index in [0.717, 1.165) is 19.3 Å². The van der Waals surface area contributed by atoms with Crippen molar-refractivity contribution >= 4 is 0 Å². The standard InChI is InChI=1S/C11H17N3O3/c1-3-8-4-5-9(17-8)13-6-7(2)10(15)14(12)11(13)16/h6,8-9H,3-5,12H2,1-2H3/t8-,9?/m1/s1. The highest BCUT2D eigenvalue weighted by Gasteiger charge is 2.26. The van der Waals surface area contributed by atoms with E-state index < -0.39 is 11.2 Å². The van der Waals surface area contributed by atoms with Crippen molar-refractivity contribution in [2.45, 2.75) is 45.4 Å². The Morgan fingerprint density at radius 2 is 2.18 bits per heavy atom. The molecule has 1 fully saturated rings. The zero-order chi connectivity index (χ0) is 12.6. The second-order valence-electron chi connectivity index (χ2n) is 4.38. The second-order valence-corrected chi connectivity index (χ2v) is 4.38. The summed E-state index contributed by atoms with van der Waals surface area (Å²) in [4.78, 5) is 23.3. The summed E-state index contributed by atoms with van der Waals surface area (Å²) in [6, 6.07) is 0. The van der Waals surface area contributed by atoms with Crippen molar-refractivity contribution in [3.05, 3.63) is 32.6 Å². The van der Waals surface area contributed by atoms with Gasteiger partial charge in [-0.2, -0.15) is 4.68 Å². The van der Waals surface area contributed by atoms with E-state index in [-0.39, 0.29) is 12.3 Å². The van der Waals surface area contributed by atoms with E-state index in [1.165, 1.54) is 10.8 Å². The van der Waals surface area contributed by atoms with Gasteiger partial charge in [0.05, 0.1) is 6.10 Å². The molecule has 1 aromatic rings. The predicted octanol–water partition coefficient (Wildman–Crippen LogP) is 0.120. The second kappa shape index (κ2) is 4.37. The molecule has 2 N–H and O–H groups in total. The molecule has 2 rings (SSSR count). The molecule has 0 aromatic carbocycles. The molecule has 1 aliphatic heterocycles. The molecule has 6 heteroatoms. The highest BCUT2D eigenvalue weighted by molar-refractivity contribution is 5.03. The van der Waals surface area contributed by atoms with Gasteiger partial charge in [0.25, 0.3) is 5.56 Å². The number of rotatable bonds is 2. The van der Waals surface area contributed by atoms with Crippen LogP contribution in [0.4, 0.5) is 0 Å². The summed E-state index contributed by atoms with van der Waals surface area (Å²) in [5.74, 6) is 5.43. The first-order valence-electron chi connectivity index (χ1n) is 5.80. The lowest BCUT2D eigenvalue weighted by atomic mass is 10.2. The van der Waals surface area contributed by atoms with Crippen LogP contribution in [0.5, 0.6) is 0 Å². The molecule has 0 aliphatic carbocycles. The molecule has 94 valence electrons. The van der Waals surface area contributed by atoms with Gasteiger partial charge in [-0.3, -0.25) is 9.36 Å². The molecular formula is C11H17N3O3. The Balaban J connectivity index is 2.41. The first-order chi connectivity index (χ1) is 8.04. The number of nitrogens with zero attached hydrogens (tertiary/aromatic N) is 2. The highest BCUT2D eigenvalue weighted by atomic mass is 16.5. The fourth-order valence-corrected chi connectivity index (χ4v) is 2.12. The average molecular weight is 239 g/mol. The van der Waals surface area contributed by atoms with Gasteiger partial charge in [-0.25, -0.2) is 4.79 Å². The Labute approximate surface area is 98.6 Å². The Kier molecular flexibility index (Phi) is 3.06. The van der Waals surface area contributed by atoms with Gasteiger partial charge in [0.2, 0.25) is 0 Å². The van der Waals surface area contributed by atoms with E-state index in [4.69, 9.17) is 10.6 Å². The van der Waals surface area contributed by atoms with Crippen LogP contribution in [0.15, 0.2) is 15.8 Å². The number of ether oxygens (including phenoxy) is 1. The highest BCUT2D eigenvalue weighted by Crippen LogP contribution is 2.28. The lowest BCUT2D eigenvalue weighted by Gasteiger charge is -2.16. The third-order valence-electron chi connectivity index (χ3n) is 3.17. The Hall–Kier alpha value is -1.56. The fraction of sp³-hybridized carbons (Fsp3) is 0.636. The molecule has 6 nitrogen and oxygen atoms in total. The van der Waals surface area contributed by atoms with Crippen molar-refractivity contribution in [1.29, 1.82) is 0 Å².